The third-order valence-electron chi connectivity index (χ3n) is 4.26. The molecule has 3 unspecified atom stereocenters. The minimum Gasteiger partial charge on any atom is -0.393 e. The lowest BCUT2D eigenvalue weighted by molar-refractivity contribution is -0.128. The summed E-state index contributed by atoms with van der Waals surface area (Å²) in [7, 11) is 3.61. The van der Waals surface area contributed by atoms with Gasteiger partial charge in [-0.15, -0.1) is 0 Å². The van der Waals surface area contributed by atoms with Crippen LogP contribution in [0.15, 0.2) is 0 Å². The van der Waals surface area contributed by atoms with Gasteiger partial charge < -0.3 is 14.9 Å². The molecular formula is C13H24N2O2. The molecule has 17 heavy (non-hydrogen) atoms. The summed E-state index contributed by atoms with van der Waals surface area (Å²) in [6.07, 6.45) is 3.67. The number of carbonyl (C=O) groups is 1. The van der Waals surface area contributed by atoms with Gasteiger partial charge in [-0.25, -0.2) is 0 Å². The zero-order valence-electron chi connectivity index (χ0n) is 10.9. The molecular weight excluding hydrogens is 216 g/mol. The molecule has 0 aromatic carbocycles. The minimum atomic E-state index is -0.0755. The smallest absolute Gasteiger partial charge is 0.222 e. The highest BCUT2D eigenvalue weighted by Gasteiger charge is 2.41. The van der Waals surface area contributed by atoms with Crippen LogP contribution in [0, 0.1) is 11.8 Å². The van der Waals surface area contributed by atoms with Gasteiger partial charge in [0.05, 0.1) is 6.10 Å². The van der Waals surface area contributed by atoms with Gasteiger partial charge in [-0.1, -0.05) is 0 Å². The van der Waals surface area contributed by atoms with Gasteiger partial charge in [-0.3, -0.25) is 4.79 Å². The first-order valence-electron chi connectivity index (χ1n) is 6.68. The van der Waals surface area contributed by atoms with Crippen LogP contribution in [0.5, 0.6) is 0 Å². The second-order valence-corrected chi connectivity index (χ2v) is 5.72. The number of aliphatic hydroxyl groups excluding tert-OH is 1. The Kier molecular flexibility index (Phi) is 4.05. The molecule has 1 N–H and O–H groups in total. The van der Waals surface area contributed by atoms with Crippen LogP contribution in [0.25, 0.3) is 0 Å². The van der Waals surface area contributed by atoms with Gasteiger partial charge in [0.1, 0.15) is 0 Å². The van der Waals surface area contributed by atoms with Crippen LogP contribution in [0.2, 0.25) is 0 Å². The van der Waals surface area contributed by atoms with E-state index in [4.69, 9.17) is 0 Å². The van der Waals surface area contributed by atoms with Crippen molar-refractivity contribution in [3.63, 3.8) is 0 Å². The monoisotopic (exact) mass is 240 g/mol. The highest BCUT2D eigenvalue weighted by molar-refractivity contribution is 5.75. The maximum absolute atomic E-state index is 11.4. The van der Waals surface area contributed by atoms with E-state index in [1.807, 2.05) is 0 Å². The topological polar surface area (TPSA) is 43.8 Å². The number of carbonyl (C=O) groups excluding carboxylic acids is 1. The van der Waals surface area contributed by atoms with Gasteiger partial charge in [-0.2, -0.15) is 0 Å². The number of amides is 1. The molecule has 0 bridgehead atoms. The van der Waals surface area contributed by atoms with Crippen molar-refractivity contribution in [2.45, 2.75) is 31.8 Å². The molecule has 0 radical (unpaired) electrons. The van der Waals surface area contributed by atoms with E-state index in [-0.39, 0.29) is 12.0 Å². The van der Waals surface area contributed by atoms with E-state index in [0.29, 0.717) is 18.3 Å². The van der Waals surface area contributed by atoms with E-state index >= 15 is 0 Å². The fourth-order valence-corrected chi connectivity index (χ4v) is 3.19. The summed E-state index contributed by atoms with van der Waals surface area (Å²) in [6.45, 7) is 3.15. The third-order valence-corrected chi connectivity index (χ3v) is 4.26. The van der Waals surface area contributed by atoms with E-state index in [1.165, 1.54) is 6.42 Å². The first-order valence-corrected chi connectivity index (χ1v) is 6.68. The molecule has 98 valence electrons. The summed E-state index contributed by atoms with van der Waals surface area (Å²) < 4.78 is 0. The number of hydrogen-bond donors (Lipinski definition) is 1. The van der Waals surface area contributed by atoms with Gasteiger partial charge >= 0.3 is 0 Å². The Hall–Kier alpha value is -0.610. The molecule has 2 rings (SSSR count). The lowest BCUT2D eigenvalue weighted by Gasteiger charge is -2.18. The molecule has 0 aromatic heterocycles. The molecule has 2 fully saturated rings. The van der Waals surface area contributed by atoms with Gasteiger partial charge in [0, 0.05) is 39.5 Å². The minimum absolute atomic E-state index is 0.0755. The van der Waals surface area contributed by atoms with Crippen LogP contribution in [-0.4, -0.2) is 60.6 Å². The molecule has 1 heterocycles. The van der Waals surface area contributed by atoms with Gasteiger partial charge in [-0.05, 0) is 31.7 Å². The summed E-state index contributed by atoms with van der Waals surface area (Å²) in [5.74, 6) is 1.42. The first kappa shape index (κ1) is 12.8. The predicted molar refractivity (Wildman–Crippen MR) is 66.6 cm³/mol. The Morgan fingerprint density at radius 2 is 2.12 bits per heavy atom. The quantitative estimate of drug-likeness (QED) is 0.781. The number of aliphatic hydroxyl groups is 1. The van der Waals surface area contributed by atoms with Crippen molar-refractivity contribution in [2.75, 3.05) is 33.7 Å². The van der Waals surface area contributed by atoms with Gasteiger partial charge in [0.15, 0.2) is 0 Å². The van der Waals surface area contributed by atoms with Crippen molar-refractivity contribution in [3.05, 3.63) is 0 Å². The largest absolute Gasteiger partial charge is 0.393 e. The molecule has 1 amide bonds. The lowest BCUT2D eigenvalue weighted by atomic mass is 10.00. The zero-order valence-corrected chi connectivity index (χ0v) is 10.9. The highest BCUT2D eigenvalue weighted by Crippen LogP contribution is 2.37. The highest BCUT2D eigenvalue weighted by atomic mass is 16.3. The number of fused-ring (bicyclic) bond motifs is 1. The fourth-order valence-electron chi connectivity index (χ4n) is 3.19. The van der Waals surface area contributed by atoms with Crippen molar-refractivity contribution >= 4 is 5.91 Å². The maximum Gasteiger partial charge on any atom is 0.222 e. The molecule has 1 aliphatic carbocycles. The number of nitrogens with zero attached hydrogens (tertiary/aromatic N) is 2. The second-order valence-electron chi connectivity index (χ2n) is 5.72. The molecule has 2 aliphatic rings. The standard InChI is InChI=1S/C13H24N2O2/c1-14(2)13(17)4-3-7-15-8-10-5-6-12(16)11(10)9-15/h10-12,16H,3-9H2,1-2H3. The number of rotatable bonds is 4. The number of hydrogen-bond acceptors (Lipinski definition) is 3. The van der Waals surface area contributed by atoms with Gasteiger partial charge in [0.2, 0.25) is 5.91 Å². The van der Waals surface area contributed by atoms with Crippen molar-refractivity contribution in [3.8, 4) is 0 Å². The van der Waals surface area contributed by atoms with E-state index in [2.05, 4.69) is 4.90 Å². The summed E-state index contributed by atoms with van der Waals surface area (Å²) in [6, 6.07) is 0. The second kappa shape index (κ2) is 5.36. The molecule has 3 atom stereocenters. The van der Waals surface area contributed by atoms with Crippen LogP contribution < -0.4 is 0 Å². The average Bonchev–Trinajstić information content (AvgIpc) is 2.81. The van der Waals surface area contributed by atoms with E-state index < -0.39 is 0 Å². The Bertz CT molecular complexity index is 281. The molecule has 4 nitrogen and oxygen atoms in total. The summed E-state index contributed by atoms with van der Waals surface area (Å²) in [5, 5.41) is 9.82. The molecule has 0 aromatic rings. The molecule has 1 saturated carbocycles. The van der Waals surface area contributed by atoms with Crippen LogP contribution >= 0.6 is 0 Å². The van der Waals surface area contributed by atoms with Crippen molar-refractivity contribution in [1.82, 2.24) is 9.80 Å². The van der Waals surface area contributed by atoms with Crippen LogP contribution in [-0.2, 0) is 4.79 Å². The van der Waals surface area contributed by atoms with Crippen molar-refractivity contribution in [2.24, 2.45) is 11.8 Å². The van der Waals surface area contributed by atoms with E-state index in [1.54, 1.807) is 19.0 Å². The Morgan fingerprint density at radius 3 is 2.76 bits per heavy atom. The summed E-state index contributed by atoms with van der Waals surface area (Å²) in [5.41, 5.74) is 0. The SMILES string of the molecule is CN(C)C(=O)CCCN1CC2CCC(O)C2C1. The Labute approximate surface area is 104 Å². The Balaban J connectivity index is 1.67. The molecule has 1 aliphatic heterocycles. The molecule has 1 saturated heterocycles. The fraction of sp³-hybridized carbons (Fsp3) is 0.923. The average molecular weight is 240 g/mol. The predicted octanol–water partition coefficient (Wildman–Crippen LogP) is 0.557. The van der Waals surface area contributed by atoms with Crippen molar-refractivity contribution < 1.29 is 9.90 Å². The van der Waals surface area contributed by atoms with Crippen LogP contribution in [0.4, 0.5) is 0 Å². The Morgan fingerprint density at radius 1 is 1.35 bits per heavy atom. The van der Waals surface area contributed by atoms with Crippen LogP contribution in [0.3, 0.4) is 0 Å². The van der Waals surface area contributed by atoms with Crippen molar-refractivity contribution in [1.29, 1.82) is 0 Å². The summed E-state index contributed by atoms with van der Waals surface area (Å²) in [4.78, 5) is 15.5. The first-order chi connectivity index (χ1) is 8.08. The lowest BCUT2D eigenvalue weighted by Crippen LogP contribution is -2.27. The van der Waals surface area contributed by atoms with E-state index in [9.17, 15) is 9.90 Å². The zero-order chi connectivity index (χ0) is 12.4. The maximum atomic E-state index is 11.4. The summed E-state index contributed by atoms with van der Waals surface area (Å²) >= 11 is 0. The number of likely N-dealkylation sites (tertiary alicyclic amines) is 1. The molecule has 0 spiro atoms. The van der Waals surface area contributed by atoms with E-state index in [0.717, 1.165) is 32.5 Å². The molecule has 4 heteroatoms. The van der Waals surface area contributed by atoms with Gasteiger partial charge in [0.25, 0.3) is 0 Å². The van der Waals surface area contributed by atoms with Crippen LogP contribution in [0.1, 0.15) is 25.7 Å². The third kappa shape index (κ3) is 2.99. The normalized spacial score (nSPS) is 32.8.